The van der Waals surface area contributed by atoms with Crippen molar-refractivity contribution >= 4 is 15.6 Å². The third-order valence-corrected chi connectivity index (χ3v) is 0. The highest BCUT2D eigenvalue weighted by atomic mass is 31.2. The molecule has 7 N–H and O–H groups in total. The highest BCUT2D eigenvalue weighted by Crippen LogP contribution is 2.26. The Morgan fingerprint density at radius 1 is 0.857 bits per heavy atom. The molecule has 0 radical (unpaired) electrons. The summed E-state index contributed by atoms with van der Waals surface area (Å²) in [5.41, 5.74) is 0. The smallest absolute Gasteiger partial charge is 0.328 e. The fourth-order valence-electron chi connectivity index (χ4n) is 0. The monoisotopic (exact) mass is 259 g/mol. The molecule has 0 amide bonds. The van der Waals surface area contributed by atoms with Gasteiger partial charge in [0.2, 0.25) is 0 Å². The van der Waals surface area contributed by atoms with Crippen molar-refractivity contribution in [2.24, 2.45) is 0 Å². The minimum absolute atomic E-state index is 1.50. The third-order valence-electron chi connectivity index (χ3n) is 0. The average Bonchev–Trinajstić information content (AvgIpc) is 1.45. The van der Waals surface area contributed by atoms with E-state index in [1.54, 1.807) is 0 Å². The molecule has 88 valence electrons. The highest BCUT2D eigenvalue weighted by molar-refractivity contribution is 7.45. The summed E-state index contributed by atoms with van der Waals surface area (Å²) in [4.78, 5) is 51.5. The van der Waals surface area contributed by atoms with Gasteiger partial charge in [0.25, 0.3) is 5.09 Å². The van der Waals surface area contributed by atoms with E-state index in [0.717, 1.165) is 0 Å². The lowest BCUT2D eigenvalue weighted by Gasteiger charge is -1.82. The molecule has 0 aromatic rings. The molecule has 0 aromatic carbocycles. The van der Waals surface area contributed by atoms with Crippen LogP contribution in [0, 0.1) is 10.1 Å². The predicted octanol–water partition coefficient (Wildman–Crippen LogP) is -2.20. The fraction of sp³-hybridized carbons (Fsp3) is 0. The first-order chi connectivity index (χ1) is 5.73. The van der Waals surface area contributed by atoms with Gasteiger partial charge in [0.05, 0.1) is 0 Å². The zero-order valence-corrected chi connectivity index (χ0v) is 7.89. The first kappa shape index (κ1) is 19.1. The van der Waals surface area contributed by atoms with Gasteiger partial charge in [0.15, 0.2) is 0 Å². The summed E-state index contributed by atoms with van der Waals surface area (Å²) in [6, 6.07) is 0. The lowest BCUT2D eigenvalue weighted by molar-refractivity contribution is -0.742. The van der Waals surface area contributed by atoms with Crippen LogP contribution in [0.4, 0.5) is 0 Å². The number of hydrogen-bond donors (Lipinski definition) is 7. The second kappa shape index (κ2) is 7.79. The van der Waals surface area contributed by atoms with Crippen molar-refractivity contribution in [1.29, 1.82) is 0 Å². The van der Waals surface area contributed by atoms with Crippen LogP contribution >= 0.6 is 15.6 Å². The van der Waals surface area contributed by atoms with E-state index in [1.807, 2.05) is 0 Å². The van der Waals surface area contributed by atoms with Crippen molar-refractivity contribution in [2.45, 2.75) is 0 Å². The highest BCUT2D eigenvalue weighted by Gasteiger charge is 2.00. The maximum absolute atomic E-state index is 8.88. The Morgan fingerprint density at radius 2 is 0.857 bits per heavy atom. The number of phosphoric acid groups is 2. The van der Waals surface area contributed by atoms with E-state index in [1.165, 1.54) is 0 Å². The van der Waals surface area contributed by atoms with Crippen LogP contribution < -0.4 is 0 Å². The maximum atomic E-state index is 8.88. The molecule has 0 fully saturated rings. The van der Waals surface area contributed by atoms with Crippen LogP contribution in [0.25, 0.3) is 0 Å². The molecule has 0 aromatic heterocycles. The van der Waals surface area contributed by atoms with Crippen LogP contribution in [0.1, 0.15) is 0 Å². The molecular weight excluding hydrogens is 252 g/mol. The zero-order valence-electron chi connectivity index (χ0n) is 6.11. The maximum Gasteiger partial charge on any atom is 0.466 e. The number of nitrogens with zero attached hydrogens (tertiary/aromatic N) is 1. The third kappa shape index (κ3) is 3690. The van der Waals surface area contributed by atoms with Gasteiger partial charge >= 0.3 is 15.6 Å². The van der Waals surface area contributed by atoms with Crippen LogP contribution in [0.2, 0.25) is 0 Å². The second-order valence-electron chi connectivity index (χ2n) is 1.26. The quantitative estimate of drug-likeness (QED) is 0.140. The van der Waals surface area contributed by atoms with Gasteiger partial charge < -0.3 is 34.6 Å². The van der Waals surface area contributed by atoms with Crippen LogP contribution in [-0.4, -0.2) is 39.7 Å². The fourth-order valence-corrected chi connectivity index (χ4v) is 0. The van der Waals surface area contributed by atoms with E-state index in [0.29, 0.717) is 0 Å². The van der Waals surface area contributed by atoms with E-state index in [-0.39, 0.29) is 0 Å². The van der Waals surface area contributed by atoms with Crippen molar-refractivity contribution < 1.29 is 48.8 Å². The van der Waals surface area contributed by atoms with Crippen LogP contribution in [0.5, 0.6) is 0 Å². The van der Waals surface area contributed by atoms with E-state index in [4.69, 9.17) is 53.8 Å². The largest absolute Gasteiger partial charge is 0.466 e. The zero-order chi connectivity index (χ0) is 12.6. The van der Waals surface area contributed by atoms with Gasteiger partial charge in [0, 0.05) is 0 Å². The Balaban J connectivity index is -0.000000131. The van der Waals surface area contributed by atoms with Crippen molar-refractivity contribution in [1.82, 2.24) is 0 Å². The molecule has 0 bridgehead atoms. The molecule has 14 heteroatoms. The summed E-state index contributed by atoms with van der Waals surface area (Å²) in [7, 11) is -9.28. The predicted molar refractivity (Wildman–Crippen MR) is 37.3 cm³/mol. The van der Waals surface area contributed by atoms with Gasteiger partial charge in [-0.05, 0) is 0 Å². The average molecular weight is 259 g/mol. The van der Waals surface area contributed by atoms with E-state index >= 15 is 0 Å². The normalized spacial score (nSPS) is 10.1. The van der Waals surface area contributed by atoms with E-state index in [2.05, 4.69) is 0 Å². The molecule has 0 spiro atoms. The van der Waals surface area contributed by atoms with Crippen molar-refractivity contribution in [3.63, 3.8) is 0 Å². The molecule has 0 unspecified atom stereocenters. The van der Waals surface area contributed by atoms with Gasteiger partial charge in [0.1, 0.15) is 0 Å². The molecule has 12 nitrogen and oxygen atoms in total. The molecule has 14 heavy (non-hydrogen) atoms. The topological polar surface area (TPSA) is 219 Å². The Hall–Kier alpha value is -0.580. The van der Waals surface area contributed by atoms with Gasteiger partial charge in [-0.1, -0.05) is 0 Å². The molecule has 0 heterocycles. The lowest BCUT2D eigenvalue weighted by atomic mass is 13.1. The minimum Gasteiger partial charge on any atom is -0.328 e. The van der Waals surface area contributed by atoms with Gasteiger partial charge in [-0.2, -0.15) is 0 Å². The molecule has 0 rings (SSSR count). The van der Waals surface area contributed by atoms with E-state index in [9.17, 15) is 0 Å². The summed E-state index contributed by atoms with van der Waals surface area (Å²) in [6.07, 6.45) is 0. The first-order valence-corrected chi connectivity index (χ1v) is 5.26. The number of rotatable bonds is 0. The summed E-state index contributed by atoms with van der Waals surface area (Å²) >= 11 is 0. The minimum atomic E-state index is -4.64. The van der Waals surface area contributed by atoms with E-state index < -0.39 is 20.7 Å². The van der Waals surface area contributed by atoms with Crippen molar-refractivity contribution in [3.8, 4) is 0 Å². The summed E-state index contributed by atoms with van der Waals surface area (Å²) in [6.45, 7) is 0. The molecule has 0 saturated heterocycles. The summed E-state index contributed by atoms with van der Waals surface area (Å²) < 4.78 is 17.8. The molecule has 0 aliphatic heterocycles. The summed E-state index contributed by atoms with van der Waals surface area (Å²) in [5, 5.41) is 13.6. The van der Waals surface area contributed by atoms with Gasteiger partial charge in [-0.25, -0.2) is 9.13 Å². The molecule has 0 saturated carbocycles. The molecular formula is H7NO11P2. The molecule has 0 aliphatic rings. The SMILES string of the molecule is O=P(O)(O)O.O=P(O)(O)O.O=[N+]([O-])O. The standard InChI is InChI=1S/HNO3.2H3O4P/c2-1(3)4;2*1-5(2,3)4/h(H,2,3,4);2*(H3,1,2,3,4). The van der Waals surface area contributed by atoms with Crippen LogP contribution in [0.3, 0.4) is 0 Å². The van der Waals surface area contributed by atoms with Gasteiger partial charge in [-0.15, -0.1) is 10.1 Å². The van der Waals surface area contributed by atoms with Crippen LogP contribution in [0.15, 0.2) is 0 Å². The second-order valence-corrected chi connectivity index (χ2v) is 3.32. The Bertz CT molecular complexity index is 189. The van der Waals surface area contributed by atoms with Crippen molar-refractivity contribution in [3.05, 3.63) is 10.1 Å². The van der Waals surface area contributed by atoms with Crippen molar-refractivity contribution in [2.75, 3.05) is 0 Å². The Morgan fingerprint density at radius 3 is 0.857 bits per heavy atom. The Kier molecular flexibility index (Phi) is 10.6. The number of hydrogen-bond acceptors (Lipinski definition) is 4. The summed E-state index contributed by atoms with van der Waals surface area (Å²) in [5.74, 6) is 0. The first-order valence-electron chi connectivity index (χ1n) is 2.13. The molecule has 0 aliphatic carbocycles. The van der Waals surface area contributed by atoms with Gasteiger partial charge in [-0.3, -0.25) is 0 Å². The van der Waals surface area contributed by atoms with Crippen LogP contribution in [-0.2, 0) is 9.13 Å². The lowest BCUT2D eigenvalue weighted by Crippen LogP contribution is -1.81. The Labute approximate surface area is 75.7 Å². The molecule has 0 atom stereocenters.